The predicted molar refractivity (Wildman–Crippen MR) is 94.7 cm³/mol. The molecule has 0 amide bonds. The molecule has 0 saturated carbocycles. The van der Waals surface area contributed by atoms with Gasteiger partial charge in [0.05, 0.1) is 6.61 Å². The monoisotopic (exact) mass is 338 g/mol. The van der Waals surface area contributed by atoms with Crippen LogP contribution in [0.4, 0.5) is 0 Å². The summed E-state index contributed by atoms with van der Waals surface area (Å²) in [4.78, 5) is 0. The smallest absolute Gasteiger partial charge is 0.287 e. The van der Waals surface area contributed by atoms with Crippen LogP contribution in [0.5, 0.6) is 0 Å². The lowest BCUT2D eigenvalue weighted by atomic mass is 10.1. The summed E-state index contributed by atoms with van der Waals surface area (Å²) < 4.78 is 24.8. The van der Waals surface area contributed by atoms with Gasteiger partial charge in [-0.2, -0.15) is 0 Å². The van der Waals surface area contributed by atoms with Crippen LogP contribution in [-0.4, -0.2) is 22.7 Å². The largest absolute Gasteiger partial charge is 0.355 e. The van der Waals surface area contributed by atoms with E-state index < -0.39 is 23.2 Å². The van der Waals surface area contributed by atoms with Gasteiger partial charge < -0.3 is 8.74 Å². The highest BCUT2D eigenvalue weighted by molar-refractivity contribution is 7.93. The van der Waals surface area contributed by atoms with E-state index in [0.717, 1.165) is 6.42 Å². The van der Waals surface area contributed by atoms with Gasteiger partial charge in [0.1, 0.15) is 0 Å². The van der Waals surface area contributed by atoms with Crippen molar-refractivity contribution in [3.05, 3.63) is 0 Å². The summed E-state index contributed by atoms with van der Waals surface area (Å²) in [6.07, 6.45) is 7.29. The molecule has 0 aromatic heterocycles. The van der Waals surface area contributed by atoms with E-state index in [1.165, 1.54) is 32.1 Å². The second-order valence-corrected chi connectivity index (χ2v) is 23.7. The van der Waals surface area contributed by atoms with Gasteiger partial charge in [-0.15, -0.1) is 0 Å². The van der Waals surface area contributed by atoms with Crippen LogP contribution in [0.1, 0.15) is 45.4 Å². The molecule has 0 aliphatic heterocycles. The molecule has 0 heterocycles. The molecule has 0 aromatic rings. The molecule has 0 aliphatic rings. The molecule has 1 atom stereocenters. The lowest BCUT2D eigenvalue weighted by molar-refractivity contribution is 0.267. The summed E-state index contributed by atoms with van der Waals surface area (Å²) in [7, 11) is -6.68. The Morgan fingerprint density at radius 3 is 1.80 bits per heavy atom. The maximum Gasteiger partial charge on any atom is 0.287 e. The van der Waals surface area contributed by atoms with Crippen LogP contribution in [0.25, 0.3) is 0 Å². The SMILES string of the molecule is CCCCCCCCOP(=O)(O[Si](C)(C)C)[Si](C)(C)C. The molecule has 1 unspecified atom stereocenters. The Hall–Kier alpha value is 0.584. The van der Waals surface area contributed by atoms with Crippen molar-refractivity contribution in [3.63, 3.8) is 0 Å². The van der Waals surface area contributed by atoms with Crippen molar-refractivity contribution in [1.82, 2.24) is 0 Å². The van der Waals surface area contributed by atoms with E-state index >= 15 is 0 Å². The van der Waals surface area contributed by atoms with Gasteiger partial charge in [0.2, 0.25) is 0 Å². The zero-order chi connectivity index (χ0) is 15.9. The molecule has 0 aromatic carbocycles. The average Bonchev–Trinajstić information content (AvgIpc) is 2.24. The van der Waals surface area contributed by atoms with Gasteiger partial charge in [0.25, 0.3) is 7.14 Å². The zero-order valence-corrected chi connectivity index (χ0v) is 17.5. The minimum absolute atomic E-state index is 0.582. The Morgan fingerprint density at radius 2 is 1.35 bits per heavy atom. The first-order valence-electron chi connectivity index (χ1n) is 7.97. The van der Waals surface area contributed by atoms with Gasteiger partial charge in [-0.25, -0.2) is 0 Å². The van der Waals surface area contributed by atoms with Gasteiger partial charge in [-0.05, 0) is 26.1 Å². The molecule has 0 saturated heterocycles. The number of unbranched alkanes of at least 4 members (excludes halogenated alkanes) is 5. The van der Waals surface area contributed by atoms with Gasteiger partial charge >= 0.3 is 0 Å². The van der Waals surface area contributed by atoms with E-state index in [9.17, 15) is 4.57 Å². The van der Waals surface area contributed by atoms with Gasteiger partial charge in [-0.3, -0.25) is 4.57 Å². The van der Waals surface area contributed by atoms with Gasteiger partial charge in [0.15, 0.2) is 16.1 Å². The Kier molecular flexibility index (Phi) is 9.15. The third-order valence-corrected chi connectivity index (χ3v) is 14.4. The first-order chi connectivity index (χ1) is 9.02. The van der Waals surface area contributed by atoms with E-state index in [-0.39, 0.29) is 0 Å². The summed E-state index contributed by atoms with van der Waals surface area (Å²) in [5.41, 5.74) is 0. The number of hydrogen-bond acceptors (Lipinski definition) is 3. The lowest BCUT2D eigenvalue weighted by Crippen LogP contribution is -2.33. The van der Waals surface area contributed by atoms with Crippen LogP contribution in [0.2, 0.25) is 39.3 Å². The molecule has 0 spiro atoms. The molecule has 3 nitrogen and oxygen atoms in total. The van der Waals surface area contributed by atoms with Crippen LogP contribution in [0.3, 0.4) is 0 Å². The van der Waals surface area contributed by atoms with E-state index in [4.69, 9.17) is 8.74 Å². The van der Waals surface area contributed by atoms with Crippen LogP contribution in [0, 0.1) is 0 Å². The fourth-order valence-corrected chi connectivity index (χ4v) is 13.1. The maximum atomic E-state index is 13.0. The lowest BCUT2D eigenvalue weighted by Gasteiger charge is -2.33. The van der Waals surface area contributed by atoms with Crippen molar-refractivity contribution in [2.45, 2.75) is 84.7 Å². The average molecular weight is 339 g/mol. The van der Waals surface area contributed by atoms with Gasteiger partial charge in [0, 0.05) is 0 Å². The Labute approximate surface area is 128 Å². The predicted octanol–water partition coefficient (Wildman–Crippen LogP) is 6.24. The van der Waals surface area contributed by atoms with Crippen molar-refractivity contribution in [2.75, 3.05) is 6.61 Å². The van der Waals surface area contributed by atoms with Gasteiger partial charge in [-0.1, -0.05) is 58.7 Å². The molecule has 6 heteroatoms. The summed E-state index contributed by atoms with van der Waals surface area (Å²) in [5, 5.41) is 0. The van der Waals surface area contributed by atoms with E-state index in [1.807, 2.05) is 0 Å². The molecular formula is C14H35O3PSi2. The first-order valence-corrected chi connectivity index (χ1v) is 17.3. The fraction of sp³-hybridized carbons (Fsp3) is 1.00. The summed E-state index contributed by atoms with van der Waals surface area (Å²) in [6, 6.07) is 0. The topological polar surface area (TPSA) is 35.5 Å². The van der Waals surface area contributed by atoms with Crippen LogP contribution in [-0.2, 0) is 13.3 Å². The number of rotatable bonds is 11. The molecule has 0 bridgehead atoms. The van der Waals surface area contributed by atoms with Crippen LogP contribution >= 0.6 is 7.14 Å². The maximum absolute atomic E-state index is 13.0. The molecule has 122 valence electrons. The number of hydrogen-bond donors (Lipinski definition) is 0. The molecule has 20 heavy (non-hydrogen) atoms. The van der Waals surface area contributed by atoms with Crippen LogP contribution in [0.15, 0.2) is 0 Å². The van der Waals surface area contributed by atoms with Crippen molar-refractivity contribution < 1.29 is 13.3 Å². The minimum atomic E-state index is -2.89. The van der Waals surface area contributed by atoms with Crippen molar-refractivity contribution in [3.8, 4) is 0 Å². The van der Waals surface area contributed by atoms with E-state index in [0.29, 0.717) is 6.61 Å². The zero-order valence-electron chi connectivity index (χ0n) is 14.6. The Bertz CT molecular complexity index is 309. The third kappa shape index (κ3) is 8.78. The molecule has 0 radical (unpaired) electrons. The van der Waals surface area contributed by atoms with E-state index in [1.54, 1.807) is 0 Å². The van der Waals surface area contributed by atoms with Crippen LogP contribution < -0.4 is 0 Å². The van der Waals surface area contributed by atoms with Crippen molar-refractivity contribution >= 4 is 23.2 Å². The second kappa shape index (κ2) is 8.89. The normalized spacial score (nSPS) is 16.1. The third-order valence-electron chi connectivity index (χ3n) is 2.97. The highest BCUT2D eigenvalue weighted by Crippen LogP contribution is 2.58. The summed E-state index contributed by atoms with van der Waals surface area (Å²) in [5.74, 6) is 0. The first kappa shape index (κ1) is 20.6. The highest BCUT2D eigenvalue weighted by Gasteiger charge is 2.44. The standard InChI is InChI=1S/C14H35O3PSi2/c1-8-9-10-11-12-13-14-16-18(15,20(5,6)7)17-19(2,3)4/h8-14H2,1-7H3. The summed E-state index contributed by atoms with van der Waals surface area (Å²) in [6.45, 7) is 15.3. The molecule has 0 N–H and O–H groups in total. The minimum Gasteiger partial charge on any atom is -0.355 e. The second-order valence-electron chi connectivity index (χ2n) is 7.47. The van der Waals surface area contributed by atoms with Crippen molar-refractivity contribution in [2.24, 2.45) is 0 Å². The molecular weight excluding hydrogens is 303 g/mol. The molecule has 0 fully saturated rings. The van der Waals surface area contributed by atoms with E-state index in [2.05, 4.69) is 46.2 Å². The molecule has 0 aliphatic carbocycles. The fourth-order valence-electron chi connectivity index (χ4n) is 1.78. The van der Waals surface area contributed by atoms with Crippen molar-refractivity contribution in [1.29, 1.82) is 0 Å². The molecule has 0 rings (SSSR count). The highest BCUT2D eigenvalue weighted by atomic mass is 31.4. The Balaban J connectivity index is 4.24. The Morgan fingerprint density at radius 1 is 0.850 bits per heavy atom. The summed E-state index contributed by atoms with van der Waals surface area (Å²) >= 11 is 0. The quantitative estimate of drug-likeness (QED) is 0.254.